The number of anilines is 1. The zero-order chi connectivity index (χ0) is 13.5. The lowest BCUT2D eigenvalue weighted by Gasteiger charge is -2.17. The van der Waals surface area contributed by atoms with E-state index in [4.69, 9.17) is 5.11 Å². The first-order valence-electron chi connectivity index (χ1n) is 7.37. The minimum atomic E-state index is -0.256. The van der Waals surface area contributed by atoms with Gasteiger partial charge in [0.2, 0.25) is 0 Å². The number of aliphatic hydroxyl groups is 1. The smallest absolute Gasteiger partial charge is 0.129 e. The summed E-state index contributed by atoms with van der Waals surface area (Å²) < 4.78 is 0. The Morgan fingerprint density at radius 2 is 2.32 bits per heavy atom. The Hall–Kier alpha value is -1.13. The maximum Gasteiger partial charge on any atom is 0.129 e. The highest BCUT2D eigenvalue weighted by atomic mass is 16.3. The van der Waals surface area contributed by atoms with Crippen LogP contribution in [0.15, 0.2) is 12.1 Å². The molecular formula is C15H25N3O. The molecule has 1 aliphatic rings. The van der Waals surface area contributed by atoms with Crippen molar-refractivity contribution in [3.63, 3.8) is 0 Å². The van der Waals surface area contributed by atoms with Crippen LogP contribution < -0.4 is 10.6 Å². The van der Waals surface area contributed by atoms with Crippen molar-refractivity contribution in [2.45, 2.75) is 45.1 Å². The van der Waals surface area contributed by atoms with E-state index in [-0.39, 0.29) is 6.10 Å². The highest BCUT2D eigenvalue weighted by molar-refractivity contribution is 5.46. The fourth-order valence-corrected chi connectivity index (χ4v) is 2.38. The number of unbranched alkanes of at least 4 members (excludes halogenated alkanes) is 1. The topological polar surface area (TPSA) is 57.2 Å². The Morgan fingerprint density at radius 1 is 1.42 bits per heavy atom. The van der Waals surface area contributed by atoms with Crippen LogP contribution >= 0.6 is 0 Å². The molecule has 1 atom stereocenters. The molecule has 0 bridgehead atoms. The summed E-state index contributed by atoms with van der Waals surface area (Å²) in [6, 6.07) is 4.38. The third kappa shape index (κ3) is 4.80. The van der Waals surface area contributed by atoms with Gasteiger partial charge in [-0.3, -0.25) is 0 Å². The molecular weight excluding hydrogens is 238 g/mol. The summed E-state index contributed by atoms with van der Waals surface area (Å²) in [7, 11) is 0. The Kier molecular flexibility index (Phi) is 5.61. The van der Waals surface area contributed by atoms with Crippen molar-refractivity contribution in [2.75, 3.05) is 25.0 Å². The number of hydrogen-bond acceptors (Lipinski definition) is 4. The zero-order valence-corrected chi connectivity index (χ0v) is 11.8. The molecule has 0 aromatic carbocycles. The summed E-state index contributed by atoms with van der Waals surface area (Å²) in [6.45, 7) is 4.50. The van der Waals surface area contributed by atoms with Gasteiger partial charge in [-0.1, -0.05) is 6.07 Å². The van der Waals surface area contributed by atoms with E-state index in [9.17, 15) is 0 Å². The number of nitrogens with one attached hydrogen (secondary N) is 2. The summed E-state index contributed by atoms with van der Waals surface area (Å²) in [5, 5.41) is 15.7. The van der Waals surface area contributed by atoms with Crippen LogP contribution in [-0.4, -0.2) is 35.8 Å². The van der Waals surface area contributed by atoms with E-state index in [1.54, 1.807) is 6.92 Å². The van der Waals surface area contributed by atoms with Crippen LogP contribution in [0.2, 0.25) is 0 Å². The van der Waals surface area contributed by atoms with Gasteiger partial charge in [-0.25, -0.2) is 4.98 Å². The molecule has 0 aliphatic carbocycles. The first-order chi connectivity index (χ1) is 9.25. The zero-order valence-electron chi connectivity index (χ0n) is 11.8. The molecule has 0 saturated carbocycles. The van der Waals surface area contributed by atoms with Crippen molar-refractivity contribution in [1.29, 1.82) is 0 Å². The number of hydrogen-bond donors (Lipinski definition) is 3. The van der Waals surface area contributed by atoms with E-state index in [1.807, 2.05) is 0 Å². The maximum absolute atomic E-state index is 9.12. The number of pyridine rings is 1. The molecule has 0 spiro atoms. The van der Waals surface area contributed by atoms with Crippen LogP contribution in [0.3, 0.4) is 0 Å². The van der Waals surface area contributed by atoms with E-state index in [2.05, 4.69) is 27.8 Å². The van der Waals surface area contributed by atoms with Crippen LogP contribution in [0.1, 0.15) is 37.4 Å². The Labute approximate surface area is 115 Å². The molecule has 106 valence electrons. The first kappa shape index (κ1) is 14.3. The largest absolute Gasteiger partial charge is 0.392 e. The van der Waals surface area contributed by atoms with Crippen molar-refractivity contribution < 1.29 is 5.11 Å². The SMILES string of the molecule is CC(O)CNCCCCc1ccc2c(n1)NCCC2. The van der Waals surface area contributed by atoms with Crippen molar-refractivity contribution in [2.24, 2.45) is 0 Å². The number of aryl methyl sites for hydroxylation is 2. The van der Waals surface area contributed by atoms with Gasteiger partial charge in [0.25, 0.3) is 0 Å². The van der Waals surface area contributed by atoms with Gasteiger partial charge in [0.05, 0.1) is 6.10 Å². The molecule has 4 nitrogen and oxygen atoms in total. The Bertz CT molecular complexity index is 393. The van der Waals surface area contributed by atoms with Crippen LogP contribution in [0.5, 0.6) is 0 Å². The van der Waals surface area contributed by atoms with E-state index in [1.165, 1.54) is 17.7 Å². The Morgan fingerprint density at radius 3 is 3.16 bits per heavy atom. The highest BCUT2D eigenvalue weighted by Gasteiger charge is 2.09. The van der Waals surface area contributed by atoms with Gasteiger partial charge in [0, 0.05) is 18.8 Å². The van der Waals surface area contributed by atoms with Gasteiger partial charge < -0.3 is 15.7 Å². The van der Waals surface area contributed by atoms with Crippen molar-refractivity contribution in [3.8, 4) is 0 Å². The average Bonchev–Trinajstić information content (AvgIpc) is 2.42. The van der Waals surface area contributed by atoms with Gasteiger partial charge >= 0.3 is 0 Å². The predicted molar refractivity (Wildman–Crippen MR) is 78.5 cm³/mol. The fourth-order valence-electron chi connectivity index (χ4n) is 2.38. The molecule has 0 saturated heterocycles. The number of aliphatic hydroxyl groups excluding tert-OH is 1. The quantitative estimate of drug-likeness (QED) is 0.656. The molecule has 1 aliphatic heterocycles. The number of nitrogens with zero attached hydrogens (tertiary/aromatic N) is 1. The van der Waals surface area contributed by atoms with E-state index in [0.29, 0.717) is 6.54 Å². The second-order valence-electron chi connectivity index (χ2n) is 5.35. The minimum absolute atomic E-state index is 0.256. The van der Waals surface area contributed by atoms with Crippen molar-refractivity contribution in [3.05, 3.63) is 23.4 Å². The molecule has 4 heteroatoms. The van der Waals surface area contributed by atoms with Gasteiger partial charge in [-0.2, -0.15) is 0 Å². The second-order valence-corrected chi connectivity index (χ2v) is 5.35. The van der Waals surface area contributed by atoms with E-state index < -0.39 is 0 Å². The van der Waals surface area contributed by atoms with Crippen molar-refractivity contribution in [1.82, 2.24) is 10.3 Å². The van der Waals surface area contributed by atoms with Crippen LogP contribution in [-0.2, 0) is 12.8 Å². The van der Waals surface area contributed by atoms with Crippen LogP contribution in [0.4, 0.5) is 5.82 Å². The molecule has 2 heterocycles. The summed E-state index contributed by atoms with van der Waals surface area (Å²) >= 11 is 0. The summed E-state index contributed by atoms with van der Waals surface area (Å²) in [4.78, 5) is 4.69. The third-order valence-corrected chi connectivity index (χ3v) is 3.43. The predicted octanol–water partition coefficient (Wildman–Crippen LogP) is 1.73. The highest BCUT2D eigenvalue weighted by Crippen LogP contribution is 2.20. The third-order valence-electron chi connectivity index (χ3n) is 3.43. The van der Waals surface area contributed by atoms with E-state index >= 15 is 0 Å². The molecule has 0 amide bonds. The molecule has 2 rings (SSSR count). The van der Waals surface area contributed by atoms with E-state index in [0.717, 1.165) is 44.6 Å². The molecule has 1 unspecified atom stereocenters. The Balaban J connectivity index is 1.68. The molecule has 3 N–H and O–H groups in total. The minimum Gasteiger partial charge on any atom is -0.392 e. The van der Waals surface area contributed by atoms with Crippen LogP contribution in [0.25, 0.3) is 0 Å². The van der Waals surface area contributed by atoms with Crippen LogP contribution in [0, 0.1) is 0 Å². The summed E-state index contributed by atoms with van der Waals surface area (Å²) in [6.07, 6.45) is 5.40. The summed E-state index contributed by atoms with van der Waals surface area (Å²) in [5.41, 5.74) is 2.54. The number of fused-ring (bicyclic) bond motifs is 1. The lowest BCUT2D eigenvalue weighted by atomic mass is 10.1. The number of aromatic nitrogens is 1. The molecule has 1 aromatic rings. The van der Waals surface area contributed by atoms with Gasteiger partial charge in [0.15, 0.2) is 0 Å². The van der Waals surface area contributed by atoms with Crippen molar-refractivity contribution >= 4 is 5.82 Å². The molecule has 0 radical (unpaired) electrons. The standard InChI is InChI=1S/C15H25N3O/c1-12(19)11-16-9-3-2-6-14-8-7-13-5-4-10-17-15(13)18-14/h7-8,12,16,19H,2-6,9-11H2,1H3,(H,17,18). The lowest BCUT2D eigenvalue weighted by molar-refractivity contribution is 0.191. The monoisotopic (exact) mass is 263 g/mol. The molecule has 0 fully saturated rings. The fraction of sp³-hybridized carbons (Fsp3) is 0.667. The second kappa shape index (κ2) is 7.46. The van der Waals surface area contributed by atoms with Gasteiger partial charge in [-0.15, -0.1) is 0 Å². The maximum atomic E-state index is 9.12. The first-order valence-corrected chi connectivity index (χ1v) is 7.37. The molecule has 1 aromatic heterocycles. The lowest BCUT2D eigenvalue weighted by Crippen LogP contribution is -2.25. The van der Waals surface area contributed by atoms with Gasteiger partial charge in [-0.05, 0) is 57.2 Å². The normalized spacial score (nSPS) is 15.7. The summed E-state index contributed by atoms with van der Waals surface area (Å²) in [5.74, 6) is 1.09. The number of rotatable bonds is 7. The molecule has 19 heavy (non-hydrogen) atoms. The van der Waals surface area contributed by atoms with Gasteiger partial charge in [0.1, 0.15) is 5.82 Å². The average molecular weight is 263 g/mol.